The maximum Gasteiger partial charge on any atom is 0.408 e. The molecule has 0 aliphatic rings. The van der Waals surface area contributed by atoms with Crippen LogP contribution in [0.25, 0.3) is 0 Å². The predicted molar refractivity (Wildman–Crippen MR) is 75.4 cm³/mol. The molecule has 126 valence electrons. The number of amides is 1. The maximum absolute atomic E-state index is 12.5. The molecule has 1 aromatic heterocycles. The molecule has 0 saturated heterocycles. The van der Waals surface area contributed by atoms with Crippen LogP contribution in [0.3, 0.4) is 0 Å². The number of carbonyl (C=O) groups is 1. The molecule has 22 heavy (non-hydrogen) atoms. The highest BCUT2D eigenvalue weighted by molar-refractivity contribution is 5.79. The van der Waals surface area contributed by atoms with Crippen LogP contribution in [0.1, 0.15) is 36.7 Å². The maximum atomic E-state index is 12.5. The van der Waals surface area contributed by atoms with E-state index in [2.05, 4.69) is 10.4 Å². The lowest BCUT2D eigenvalue weighted by Crippen LogP contribution is -2.34. The normalized spacial score (nSPS) is 13.2. The molecule has 0 aliphatic heterocycles. The first-order valence-corrected chi connectivity index (χ1v) is 7.14. The Balaban J connectivity index is 2.71. The molecule has 0 spiro atoms. The zero-order valence-corrected chi connectivity index (χ0v) is 13.0. The summed E-state index contributed by atoms with van der Waals surface area (Å²) in [6.07, 6.45) is -3.11. The molecule has 1 aromatic rings. The quantitative estimate of drug-likeness (QED) is 0.806. The molecule has 1 atom stereocenters. The predicted octanol–water partition coefficient (Wildman–Crippen LogP) is 1.88. The van der Waals surface area contributed by atoms with E-state index < -0.39 is 12.7 Å². The lowest BCUT2D eigenvalue weighted by Gasteiger charge is -2.13. The second kappa shape index (κ2) is 7.62. The fourth-order valence-corrected chi connectivity index (χ4v) is 2.27. The average Bonchev–Trinajstić information content (AvgIpc) is 2.62. The molecule has 5 nitrogen and oxygen atoms in total. The van der Waals surface area contributed by atoms with Gasteiger partial charge in [0.15, 0.2) is 0 Å². The molecule has 1 amide bonds. The van der Waals surface area contributed by atoms with E-state index in [1.54, 1.807) is 6.92 Å². The summed E-state index contributed by atoms with van der Waals surface area (Å²) in [4.78, 5) is 12.0. The Kier molecular flexibility index (Phi) is 6.40. The van der Waals surface area contributed by atoms with Gasteiger partial charge in [-0.3, -0.25) is 9.48 Å². The van der Waals surface area contributed by atoms with Crippen LogP contribution >= 0.6 is 0 Å². The second-order valence-corrected chi connectivity index (χ2v) is 5.43. The Morgan fingerprint density at radius 2 is 2.05 bits per heavy atom. The fraction of sp³-hybridized carbons (Fsp3) is 0.714. The van der Waals surface area contributed by atoms with Gasteiger partial charge in [-0.2, -0.15) is 18.3 Å². The first kappa shape index (κ1) is 18.5. The molecule has 0 aromatic carbocycles. The third kappa shape index (κ3) is 5.67. The minimum Gasteiger partial charge on any atom is -0.396 e. The van der Waals surface area contributed by atoms with Gasteiger partial charge in [0.2, 0.25) is 5.91 Å². The van der Waals surface area contributed by atoms with Crippen LogP contribution < -0.4 is 5.32 Å². The first-order valence-electron chi connectivity index (χ1n) is 7.14. The van der Waals surface area contributed by atoms with Crippen molar-refractivity contribution in [2.75, 3.05) is 6.61 Å². The topological polar surface area (TPSA) is 67.2 Å². The number of alkyl halides is 3. The lowest BCUT2D eigenvalue weighted by molar-refractivity contribution is -0.143. The molecule has 0 radical (unpaired) electrons. The van der Waals surface area contributed by atoms with E-state index in [4.69, 9.17) is 5.11 Å². The lowest BCUT2D eigenvalue weighted by atomic mass is 10.1. The van der Waals surface area contributed by atoms with Crippen LogP contribution in [-0.2, 0) is 17.8 Å². The van der Waals surface area contributed by atoms with Gasteiger partial charge >= 0.3 is 6.18 Å². The Morgan fingerprint density at radius 1 is 1.41 bits per heavy atom. The summed E-state index contributed by atoms with van der Waals surface area (Å²) >= 11 is 0. The summed E-state index contributed by atoms with van der Waals surface area (Å²) in [7, 11) is 0. The Hall–Kier alpha value is -1.57. The molecule has 1 unspecified atom stereocenters. The summed E-state index contributed by atoms with van der Waals surface area (Å²) in [6.45, 7) is 3.85. The number of aliphatic hydroxyl groups excluding tert-OH is 1. The summed E-state index contributed by atoms with van der Waals surface area (Å²) < 4.78 is 38.2. The molecule has 1 heterocycles. The van der Waals surface area contributed by atoms with E-state index in [1.165, 1.54) is 6.92 Å². The zero-order chi connectivity index (χ0) is 16.9. The van der Waals surface area contributed by atoms with Crippen LogP contribution in [0.5, 0.6) is 0 Å². The molecule has 2 N–H and O–H groups in total. The second-order valence-electron chi connectivity index (χ2n) is 5.43. The van der Waals surface area contributed by atoms with Crippen molar-refractivity contribution in [3.8, 4) is 0 Å². The van der Waals surface area contributed by atoms with E-state index in [-0.39, 0.29) is 25.0 Å². The van der Waals surface area contributed by atoms with E-state index in [9.17, 15) is 18.0 Å². The molecule has 0 saturated carbocycles. The number of aryl methyl sites for hydroxylation is 1. The Labute approximate surface area is 127 Å². The van der Waals surface area contributed by atoms with E-state index in [0.717, 1.165) is 4.68 Å². The molecule has 0 fully saturated rings. The summed E-state index contributed by atoms with van der Waals surface area (Å²) in [5, 5.41) is 15.4. The standard InChI is InChI=1S/C14H22F3N3O2/c1-9(5-4-6-21)18-13(22)7-12-10(2)19-20(11(12)3)8-14(15,16)17/h9,21H,4-8H2,1-3H3,(H,18,22). The van der Waals surface area contributed by atoms with Crippen LogP contribution in [0, 0.1) is 13.8 Å². The molecule has 0 aliphatic carbocycles. The molecule has 8 heteroatoms. The van der Waals surface area contributed by atoms with Crippen molar-refractivity contribution < 1.29 is 23.1 Å². The minimum absolute atomic E-state index is 0.00100. The van der Waals surface area contributed by atoms with E-state index >= 15 is 0 Å². The van der Waals surface area contributed by atoms with E-state index in [0.29, 0.717) is 29.8 Å². The van der Waals surface area contributed by atoms with Crippen molar-refractivity contribution in [2.24, 2.45) is 0 Å². The van der Waals surface area contributed by atoms with Gasteiger partial charge in [0.25, 0.3) is 0 Å². The smallest absolute Gasteiger partial charge is 0.396 e. The highest BCUT2D eigenvalue weighted by Gasteiger charge is 2.30. The number of rotatable bonds is 7. The third-order valence-electron chi connectivity index (χ3n) is 3.40. The number of carbonyl (C=O) groups excluding carboxylic acids is 1. The summed E-state index contributed by atoms with van der Waals surface area (Å²) in [5.74, 6) is -0.261. The summed E-state index contributed by atoms with van der Waals surface area (Å²) in [5.41, 5.74) is 1.31. The van der Waals surface area contributed by atoms with Gasteiger partial charge in [-0.05, 0) is 33.6 Å². The van der Waals surface area contributed by atoms with Gasteiger partial charge in [-0.1, -0.05) is 0 Å². The van der Waals surface area contributed by atoms with Crippen molar-refractivity contribution in [2.45, 2.75) is 58.8 Å². The largest absolute Gasteiger partial charge is 0.408 e. The monoisotopic (exact) mass is 321 g/mol. The average molecular weight is 321 g/mol. The Morgan fingerprint density at radius 3 is 2.59 bits per heavy atom. The van der Waals surface area contributed by atoms with Crippen LogP contribution in [0.15, 0.2) is 0 Å². The fourth-order valence-electron chi connectivity index (χ4n) is 2.27. The van der Waals surface area contributed by atoms with Crippen molar-refractivity contribution in [3.05, 3.63) is 17.0 Å². The Bertz CT molecular complexity index is 512. The first-order chi connectivity index (χ1) is 10.1. The van der Waals surface area contributed by atoms with Gasteiger partial charge < -0.3 is 10.4 Å². The van der Waals surface area contributed by atoms with E-state index in [1.807, 2.05) is 6.92 Å². The number of hydrogen-bond acceptors (Lipinski definition) is 3. The van der Waals surface area contributed by atoms with Crippen molar-refractivity contribution in [1.29, 1.82) is 0 Å². The zero-order valence-electron chi connectivity index (χ0n) is 13.0. The molecular weight excluding hydrogens is 299 g/mol. The van der Waals surface area contributed by atoms with Gasteiger partial charge in [-0.25, -0.2) is 0 Å². The van der Waals surface area contributed by atoms with Gasteiger partial charge in [0.1, 0.15) is 6.54 Å². The molecule has 1 rings (SSSR count). The van der Waals surface area contributed by atoms with Gasteiger partial charge in [0.05, 0.1) is 12.1 Å². The summed E-state index contributed by atoms with van der Waals surface area (Å²) in [6, 6.07) is -0.0921. The minimum atomic E-state index is -4.35. The molecule has 0 bridgehead atoms. The van der Waals surface area contributed by atoms with Crippen molar-refractivity contribution in [3.63, 3.8) is 0 Å². The van der Waals surface area contributed by atoms with Crippen LogP contribution in [0.4, 0.5) is 13.2 Å². The number of aromatic nitrogens is 2. The highest BCUT2D eigenvalue weighted by atomic mass is 19.4. The SMILES string of the molecule is Cc1nn(CC(F)(F)F)c(C)c1CC(=O)NC(C)CCCO. The van der Waals surface area contributed by atoms with Crippen LogP contribution in [0.2, 0.25) is 0 Å². The molecular formula is C14H22F3N3O2. The number of aliphatic hydroxyl groups is 1. The highest BCUT2D eigenvalue weighted by Crippen LogP contribution is 2.21. The number of halogens is 3. The van der Waals surface area contributed by atoms with Gasteiger partial charge in [-0.15, -0.1) is 0 Å². The number of nitrogens with one attached hydrogen (secondary N) is 1. The van der Waals surface area contributed by atoms with Gasteiger partial charge in [0, 0.05) is 23.9 Å². The van der Waals surface area contributed by atoms with Crippen molar-refractivity contribution in [1.82, 2.24) is 15.1 Å². The van der Waals surface area contributed by atoms with Crippen molar-refractivity contribution >= 4 is 5.91 Å². The third-order valence-corrected chi connectivity index (χ3v) is 3.40. The number of hydrogen-bond donors (Lipinski definition) is 2. The van der Waals surface area contributed by atoms with Crippen LogP contribution in [-0.4, -0.2) is 39.6 Å². The number of nitrogens with zero attached hydrogens (tertiary/aromatic N) is 2.